The zero-order valence-electron chi connectivity index (χ0n) is 25.0. The Hall–Kier alpha value is -3.86. The number of piperazine rings is 1. The molecular formula is C32H36ClFN6O3. The predicted octanol–water partition coefficient (Wildman–Crippen LogP) is 5.83. The van der Waals surface area contributed by atoms with Crippen molar-refractivity contribution in [1.82, 2.24) is 24.4 Å². The number of aryl methyl sites for hydroxylation is 1. The maximum absolute atomic E-state index is 15.1. The topological polar surface area (TPSA) is 96.6 Å². The zero-order chi connectivity index (χ0) is 31.0. The summed E-state index contributed by atoms with van der Waals surface area (Å²) in [7, 11) is 0. The minimum Gasteiger partial charge on any atom is -0.507 e. The Morgan fingerprint density at radius 2 is 1.98 bits per heavy atom. The number of hydrogen-bond acceptors (Lipinski definition) is 8. The third-order valence-electron chi connectivity index (χ3n) is 7.83. The van der Waals surface area contributed by atoms with Crippen LogP contribution in [0.15, 0.2) is 54.0 Å². The fourth-order valence-electron chi connectivity index (χ4n) is 5.66. The predicted molar refractivity (Wildman–Crippen MR) is 168 cm³/mol. The summed E-state index contributed by atoms with van der Waals surface area (Å²) in [6, 6.07) is 7.53. The number of anilines is 1. The summed E-state index contributed by atoms with van der Waals surface area (Å²) in [4.78, 5) is 32.4. The average molecular weight is 607 g/mol. The fraction of sp³-hybridized carbons (Fsp3) is 0.375. The lowest BCUT2D eigenvalue weighted by molar-refractivity contribution is 0.00905. The third kappa shape index (κ3) is 5.74. The summed E-state index contributed by atoms with van der Waals surface area (Å²) in [5.41, 5.74) is 1.64. The number of phenols is 1. The summed E-state index contributed by atoms with van der Waals surface area (Å²) < 4.78 is 22.2. The summed E-state index contributed by atoms with van der Waals surface area (Å²) >= 11 is 6.78. The van der Waals surface area contributed by atoms with E-state index in [1.165, 1.54) is 22.8 Å². The number of halogens is 2. The molecule has 1 saturated heterocycles. The molecule has 0 aliphatic carbocycles. The van der Waals surface area contributed by atoms with Gasteiger partial charge in [-0.3, -0.25) is 9.88 Å². The molecule has 0 unspecified atom stereocenters. The molecule has 1 fully saturated rings. The lowest BCUT2D eigenvalue weighted by Gasteiger charge is -2.44. The number of pyridine rings is 2. The normalized spacial score (nSPS) is 17.6. The van der Waals surface area contributed by atoms with Crippen LogP contribution >= 0.6 is 11.6 Å². The van der Waals surface area contributed by atoms with Gasteiger partial charge in [-0.1, -0.05) is 37.6 Å². The molecule has 1 N–H and O–H groups in total. The van der Waals surface area contributed by atoms with E-state index in [2.05, 4.69) is 40.2 Å². The van der Waals surface area contributed by atoms with Crippen LogP contribution in [0.5, 0.6) is 5.75 Å². The van der Waals surface area contributed by atoms with Crippen molar-refractivity contribution >= 4 is 28.5 Å². The number of benzene rings is 1. The second-order valence-electron chi connectivity index (χ2n) is 11.3. The molecule has 0 spiro atoms. The molecule has 2 atom stereocenters. The van der Waals surface area contributed by atoms with Crippen LogP contribution in [0.25, 0.3) is 28.0 Å². The summed E-state index contributed by atoms with van der Waals surface area (Å²) in [5.74, 6) is -0.575. The Labute approximate surface area is 255 Å². The van der Waals surface area contributed by atoms with E-state index in [0.29, 0.717) is 49.0 Å². The summed E-state index contributed by atoms with van der Waals surface area (Å²) in [6.45, 7) is 15.9. The van der Waals surface area contributed by atoms with Crippen molar-refractivity contribution in [3.63, 3.8) is 0 Å². The maximum Gasteiger partial charge on any atom is 0.355 e. The molecule has 4 aromatic rings. The van der Waals surface area contributed by atoms with Gasteiger partial charge in [0.2, 0.25) is 0 Å². The number of ether oxygens (including phenoxy) is 1. The van der Waals surface area contributed by atoms with Crippen molar-refractivity contribution in [3.8, 4) is 22.7 Å². The number of rotatable bonds is 8. The smallest absolute Gasteiger partial charge is 0.355 e. The molecule has 0 saturated carbocycles. The minimum atomic E-state index is -0.686. The van der Waals surface area contributed by atoms with Gasteiger partial charge in [0, 0.05) is 31.4 Å². The second kappa shape index (κ2) is 12.4. The van der Waals surface area contributed by atoms with Crippen LogP contribution < -0.4 is 10.6 Å². The van der Waals surface area contributed by atoms with Crippen molar-refractivity contribution in [3.05, 3.63) is 81.8 Å². The Morgan fingerprint density at radius 1 is 1.21 bits per heavy atom. The van der Waals surface area contributed by atoms with E-state index in [-0.39, 0.29) is 45.7 Å². The summed E-state index contributed by atoms with van der Waals surface area (Å²) in [5, 5.41) is 11.3. The summed E-state index contributed by atoms with van der Waals surface area (Å²) in [6.07, 6.45) is 3.42. The lowest BCUT2D eigenvalue weighted by atomic mass is 10.0. The first-order chi connectivity index (χ1) is 20.5. The largest absolute Gasteiger partial charge is 0.507 e. The van der Waals surface area contributed by atoms with Gasteiger partial charge in [0.25, 0.3) is 0 Å². The molecular weight excluding hydrogens is 571 g/mol. The SMILES string of the molecule is C=CCOCN1C[C@H](C)N(c2nc(=O)n(-c3c(C)ccnc3C(C)C)c3nc(-c4c(O)cccc4F)c(Cl)cc23)C[C@H]1C. The van der Waals surface area contributed by atoms with Gasteiger partial charge in [-0.2, -0.15) is 4.98 Å². The van der Waals surface area contributed by atoms with Crippen LogP contribution in [0, 0.1) is 12.7 Å². The van der Waals surface area contributed by atoms with Crippen molar-refractivity contribution in [2.24, 2.45) is 0 Å². The van der Waals surface area contributed by atoms with E-state index in [9.17, 15) is 9.90 Å². The van der Waals surface area contributed by atoms with Crippen LogP contribution in [0.4, 0.5) is 10.2 Å². The van der Waals surface area contributed by atoms with Gasteiger partial charge in [0.15, 0.2) is 5.65 Å². The van der Waals surface area contributed by atoms with E-state index in [1.54, 1.807) is 18.3 Å². The zero-order valence-corrected chi connectivity index (χ0v) is 25.8. The van der Waals surface area contributed by atoms with Crippen molar-refractivity contribution in [1.29, 1.82) is 0 Å². The van der Waals surface area contributed by atoms with Gasteiger partial charge in [-0.05, 0) is 56.5 Å². The Kier molecular flexibility index (Phi) is 8.82. The number of fused-ring (bicyclic) bond motifs is 1. The lowest BCUT2D eigenvalue weighted by Crippen LogP contribution is -2.57. The molecule has 1 aliphatic heterocycles. The quantitative estimate of drug-likeness (QED) is 0.198. The van der Waals surface area contributed by atoms with Crippen molar-refractivity contribution in [2.75, 3.05) is 31.3 Å². The standard InChI is InChI=1S/C32H36ClFN6O3/c1-7-13-43-17-38-15-21(6)39(16-20(38)5)30-22-14-23(33)28(26-24(34)9-8-10-25(26)41)36-31(22)40(32(42)37-30)29-19(4)11-12-35-27(29)18(2)3/h7-12,14,18,20-21,41H,1,13,15-17H2,2-6H3/t20-,21+/m1/s1. The van der Waals surface area contributed by atoms with E-state index >= 15 is 4.39 Å². The van der Waals surface area contributed by atoms with Crippen LogP contribution in [-0.2, 0) is 4.74 Å². The number of phenolic OH excluding ortho intramolecular Hbond substituents is 1. The minimum absolute atomic E-state index is 0.0174. The number of nitrogens with zero attached hydrogens (tertiary/aromatic N) is 6. The first-order valence-electron chi connectivity index (χ1n) is 14.3. The molecule has 43 heavy (non-hydrogen) atoms. The molecule has 9 nitrogen and oxygen atoms in total. The van der Waals surface area contributed by atoms with Crippen LogP contribution in [0.1, 0.15) is 44.9 Å². The molecule has 5 rings (SSSR count). The van der Waals surface area contributed by atoms with Crippen LogP contribution in [0.3, 0.4) is 0 Å². The highest BCUT2D eigenvalue weighted by Gasteiger charge is 2.33. The molecule has 1 aliphatic rings. The second-order valence-corrected chi connectivity index (χ2v) is 11.7. The van der Waals surface area contributed by atoms with Gasteiger partial charge in [-0.25, -0.2) is 18.7 Å². The van der Waals surface area contributed by atoms with Crippen LogP contribution in [-0.4, -0.2) is 68.0 Å². The highest BCUT2D eigenvalue weighted by atomic mass is 35.5. The first-order valence-corrected chi connectivity index (χ1v) is 14.7. The first kappa shape index (κ1) is 30.6. The number of hydrogen-bond donors (Lipinski definition) is 1. The molecule has 1 aromatic carbocycles. The van der Waals surface area contributed by atoms with Crippen molar-refractivity contribution in [2.45, 2.75) is 52.6 Å². The van der Waals surface area contributed by atoms with Gasteiger partial charge < -0.3 is 14.7 Å². The Morgan fingerprint density at radius 3 is 2.67 bits per heavy atom. The highest BCUT2D eigenvalue weighted by Crippen LogP contribution is 2.39. The molecule has 0 amide bonds. The molecule has 4 heterocycles. The molecule has 0 bridgehead atoms. The Bertz CT molecular complexity index is 1720. The number of aromatic hydroxyl groups is 1. The fourth-order valence-corrected chi connectivity index (χ4v) is 5.91. The average Bonchev–Trinajstić information content (AvgIpc) is 2.95. The van der Waals surface area contributed by atoms with Crippen LogP contribution in [0.2, 0.25) is 5.02 Å². The van der Waals surface area contributed by atoms with Gasteiger partial charge in [0.1, 0.15) is 17.4 Å². The molecule has 11 heteroatoms. The van der Waals surface area contributed by atoms with E-state index < -0.39 is 11.5 Å². The monoisotopic (exact) mass is 606 g/mol. The van der Waals surface area contributed by atoms with Gasteiger partial charge >= 0.3 is 5.69 Å². The maximum atomic E-state index is 15.1. The highest BCUT2D eigenvalue weighted by molar-refractivity contribution is 6.34. The van der Waals surface area contributed by atoms with Crippen molar-refractivity contribution < 1.29 is 14.2 Å². The molecule has 226 valence electrons. The molecule has 3 aromatic heterocycles. The third-order valence-corrected chi connectivity index (χ3v) is 8.12. The van der Waals surface area contributed by atoms with E-state index in [0.717, 1.165) is 5.56 Å². The van der Waals surface area contributed by atoms with Gasteiger partial charge in [0.05, 0.1) is 46.4 Å². The molecule has 0 radical (unpaired) electrons. The Balaban J connectivity index is 1.77. The number of aromatic nitrogens is 4. The van der Waals surface area contributed by atoms with Gasteiger partial charge in [-0.15, -0.1) is 6.58 Å². The van der Waals surface area contributed by atoms with E-state index in [4.69, 9.17) is 21.3 Å². The van der Waals surface area contributed by atoms with E-state index in [1.807, 2.05) is 26.8 Å².